The van der Waals surface area contributed by atoms with E-state index in [1.165, 1.54) is 62.8 Å². The molecule has 35 heteroatoms. The number of nitrogens with one attached hydrogen (secondary N) is 4. The molecular formula is C95H127ClF3N15O16. The van der Waals surface area contributed by atoms with E-state index in [0.29, 0.717) is 109 Å². The number of amides is 8. The molecule has 0 unspecified atom stereocenters. The molecule has 0 saturated carbocycles. The lowest BCUT2D eigenvalue weighted by Crippen LogP contribution is -2.60. The van der Waals surface area contributed by atoms with Crippen molar-refractivity contribution in [3.63, 3.8) is 0 Å². The number of piperidine rings is 3. The Kier molecular flexibility index (Phi) is 36.4. The number of aliphatic carboxylic acids is 1. The number of anilines is 3. The lowest BCUT2D eigenvalue weighted by Gasteiger charge is -2.44. The minimum Gasteiger partial charge on any atom is -0.480 e. The number of methoxy groups -OCH3 is 2. The Hall–Kier alpha value is -11.7. The van der Waals surface area contributed by atoms with Gasteiger partial charge in [-0.2, -0.15) is 0 Å². The zero-order valence-corrected chi connectivity index (χ0v) is 78.3. The number of ether oxygens (including phenoxy) is 2. The second kappa shape index (κ2) is 45.7. The molecule has 12 rings (SSSR count). The number of aromatic carboxylic acids is 1. The summed E-state index contributed by atoms with van der Waals surface area (Å²) in [5, 5.41) is 29.5. The first-order valence-electron chi connectivity index (χ1n) is 43.6. The minimum atomic E-state index is -1.13. The summed E-state index contributed by atoms with van der Waals surface area (Å²) < 4.78 is 51.8. The van der Waals surface area contributed by atoms with Gasteiger partial charge < -0.3 is 94.9 Å². The van der Waals surface area contributed by atoms with Gasteiger partial charge >= 0.3 is 23.9 Å². The summed E-state index contributed by atoms with van der Waals surface area (Å²) in [7, 11) is 14.6. The van der Waals surface area contributed by atoms with Gasteiger partial charge in [0.25, 0.3) is 17.7 Å². The fourth-order valence-corrected chi connectivity index (χ4v) is 16.9. The molecule has 6 heterocycles. The number of hydrogen-bond acceptors (Lipinski definition) is 21. The Bertz CT molecular complexity index is 5000. The third-order valence-electron chi connectivity index (χ3n) is 24.6. The summed E-state index contributed by atoms with van der Waals surface area (Å²) in [6, 6.07) is 30.9. The molecule has 3 spiro atoms. The maximum atomic E-state index is 14.4. The standard InChI is InChI=1S/C32H42FN5O5.C31H40FN5O5.C19H28N4O3.C13H16FNO3.ClH/c1-21(2)27(34-28(39)25-19-22(3)7-12-26(25)33)29(40)36-15-13-32(14-16-36)31(42)37(18-17-35(4)5)20-38(32)24-10-8-23(9-11-24)30(41)43-6;1-20(2)26(33-27(38)24-18-21(3)6-11-25(24)32)28(39)35-14-12-31(13-15-35)30(42)36(17-16-34(4)5)19-37(31)23-9-7-22(8-10-23)29(40)41;1-21(2)12-13-22-14-23(19(18(22)25)8-10-20-11-9-19)16-6-4-15(5-7-16)17(24)26-3;1-7(2)11(13(17)18)15-12(16)9-6-8(3)4-5-10(9)14;/h7-12,19,21,27H,13-18,20H2,1-6H3,(H,34,39);6-11,18,20,26H,12-17,19H2,1-5H3,(H,33,38)(H,40,41);4-7,20H,8-14H2,1-3H3;4-7,11H,1-3H3,(H,15,16)(H,17,18);1H/t27-;26-;;11-;/m11.1./s1. The van der Waals surface area contributed by atoms with Crippen LogP contribution in [0.5, 0.6) is 0 Å². The summed E-state index contributed by atoms with van der Waals surface area (Å²) >= 11 is 0. The monoisotopic (exact) mass is 1830 g/mol. The van der Waals surface area contributed by atoms with Crippen LogP contribution in [-0.4, -0.2) is 310 Å². The summed E-state index contributed by atoms with van der Waals surface area (Å²) in [6.45, 7) is 24.2. The summed E-state index contributed by atoms with van der Waals surface area (Å²) in [6.07, 6.45) is 3.15. The molecule has 6 N–H and O–H groups in total. The lowest BCUT2D eigenvalue weighted by atomic mass is 9.84. The molecule has 6 fully saturated rings. The maximum Gasteiger partial charge on any atom is 0.337 e. The molecule has 8 amide bonds. The molecule has 6 aliphatic rings. The molecule has 31 nitrogen and oxygen atoms in total. The molecule has 706 valence electrons. The van der Waals surface area contributed by atoms with Crippen LogP contribution in [0.4, 0.5) is 30.2 Å². The van der Waals surface area contributed by atoms with Crippen molar-refractivity contribution in [1.82, 2.24) is 60.5 Å². The third kappa shape index (κ3) is 24.7. The number of benzene rings is 6. The number of aryl methyl sites for hydroxylation is 3. The predicted octanol–water partition coefficient (Wildman–Crippen LogP) is 8.88. The Morgan fingerprint density at radius 2 is 0.685 bits per heavy atom. The SMILES string of the molecule is COC(=O)c1ccc(N2CN(CCN(C)C)C(=O)C23CCN(C(=O)[C@H](NC(=O)c2cc(C)ccc2F)C(C)C)CC3)cc1.COC(=O)c1ccc(N2CN(CCN(C)C)C(=O)C23CCNCC3)cc1.Cc1ccc(F)c(C(=O)N[C@@H](C(=O)N2CCC3(CC2)C(=O)N(CCN(C)C)CN3c2ccc(C(=O)O)cc2)C(C)C)c1.Cc1ccc(F)c(C(=O)N[C@@H](C(=O)O)C(C)C)c1.Cl. The normalized spacial score (nSPS) is 16.9. The number of hydrogen-bond donors (Lipinski definition) is 6. The number of likely N-dealkylation sites (tertiary alicyclic amines) is 2. The number of carboxylic acid groups (broad SMARTS) is 2. The number of likely N-dealkylation sites (N-methyl/N-ethyl adjacent to an activating group) is 3. The predicted molar refractivity (Wildman–Crippen MR) is 490 cm³/mol. The second-order valence-corrected chi connectivity index (χ2v) is 35.6. The summed E-state index contributed by atoms with van der Waals surface area (Å²) in [5.74, 6) is -7.94. The largest absolute Gasteiger partial charge is 0.480 e. The first kappa shape index (κ1) is 104. The highest BCUT2D eigenvalue weighted by Crippen LogP contribution is 2.43. The molecule has 6 aromatic rings. The van der Waals surface area contributed by atoms with Crippen LogP contribution in [0.25, 0.3) is 0 Å². The van der Waals surface area contributed by atoms with E-state index in [9.17, 15) is 75.8 Å². The van der Waals surface area contributed by atoms with E-state index in [1.54, 1.807) is 99.0 Å². The Morgan fingerprint density at radius 3 is 0.938 bits per heavy atom. The summed E-state index contributed by atoms with van der Waals surface area (Å²) in [5.41, 5.74) is 3.28. The fraction of sp³-hybridized carbons (Fsp3) is 0.495. The molecule has 0 radical (unpaired) electrons. The van der Waals surface area contributed by atoms with Crippen molar-refractivity contribution in [2.75, 3.05) is 170 Å². The van der Waals surface area contributed by atoms with Crippen LogP contribution in [0.2, 0.25) is 0 Å². The van der Waals surface area contributed by atoms with Gasteiger partial charge in [-0.1, -0.05) is 76.4 Å². The molecule has 0 aromatic heterocycles. The van der Waals surface area contributed by atoms with Crippen molar-refractivity contribution in [3.8, 4) is 0 Å². The summed E-state index contributed by atoms with van der Waals surface area (Å²) in [4.78, 5) is 174. The Morgan fingerprint density at radius 1 is 0.415 bits per heavy atom. The van der Waals surface area contributed by atoms with E-state index in [2.05, 4.69) is 36.0 Å². The first-order valence-corrected chi connectivity index (χ1v) is 43.6. The number of carbonyl (C=O) groups excluding carboxylic acids is 10. The number of esters is 2. The average molecular weight is 1830 g/mol. The van der Waals surface area contributed by atoms with Crippen LogP contribution in [0.1, 0.15) is 159 Å². The van der Waals surface area contributed by atoms with Gasteiger partial charge in [-0.3, -0.25) is 38.4 Å². The van der Waals surface area contributed by atoms with E-state index in [4.69, 9.17) is 14.6 Å². The number of carbonyl (C=O) groups is 12. The van der Waals surface area contributed by atoms with Crippen LogP contribution >= 0.6 is 12.4 Å². The van der Waals surface area contributed by atoms with Crippen molar-refractivity contribution in [3.05, 3.63) is 195 Å². The molecule has 0 bridgehead atoms. The van der Waals surface area contributed by atoms with Gasteiger partial charge in [0.05, 0.1) is 67.6 Å². The van der Waals surface area contributed by atoms with Gasteiger partial charge in [-0.25, -0.2) is 32.3 Å². The minimum absolute atomic E-state index is 0. The zero-order valence-electron chi connectivity index (χ0n) is 77.5. The topological polar surface area (TPSA) is 348 Å². The van der Waals surface area contributed by atoms with Gasteiger partial charge in [0, 0.05) is 82.5 Å². The molecule has 0 aliphatic carbocycles. The van der Waals surface area contributed by atoms with Gasteiger partial charge in [0.1, 0.15) is 52.2 Å². The lowest BCUT2D eigenvalue weighted by molar-refractivity contribution is -0.140. The smallest absolute Gasteiger partial charge is 0.337 e. The van der Waals surface area contributed by atoms with Gasteiger partial charge in [0.2, 0.25) is 29.5 Å². The third-order valence-corrected chi connectivity index (χ3v) is 24.6. The van der Waals surface area contributed by atoms with E-state index in [-0.39, 0.29) is 87.9 Å². The van der Waals surface area contributed by atoms with Crippen LogP contribution in [0, 0.1) is 56.0 Å². The maximum absolute atomic E-state index is 14.4. The van der Waals surface area contributed by atoms with Crippen molar-refractivity contribution in [2.24, 2.45) is 17.8 Å². The van der Waals surface area contributed by atoms with E-state index >= 15 is 0 Å². The van der Waals surface area contributed by atoms with E-state index < -0.39 is 87.8 Å². The van der Waals surface area contributed by atoms with Crippen molar-refractivity contribution in [1.29, 1.82) is 0 Å². The van der Waals surface area contributed by atoms with E-state index in [0.717, 1.165) is 72.8 Å². The molecular weight excluding hydrogens is 1700 g/mol. The number of carboxylic acids is 2. The van der Waals surface area contributed by atoms with Crippen LogP contribution < -0.4 is 36.0 Å². The Labute approximate surface area is 765 Å². The average Bonchev–Trinajstić information content (AvgIpc) is 1.60. The molecule has 130 heavy (non-hydrogen) atoms. The van der Waals surface area contributed by atoms with Crippen molar-refractivity contribution in [2.45, 2.75) is 136 Å². The number of rotatable bonds is 27. The van der Waals surface area contributed by atoms with Crippen molar-refractivity contribution < 1.29 is 90.4 Å². The van der Waals surface area contributed by atoms with E-state index in [1.807, 2.05) is 124 Å². The molecule has 6 aliphatic heterocycles. The van der Waals surface area contributed by atoms with Crippen LogP contribution in [0.3, 0.4) is 0 Å². The molecule has 6 saturated heterocycles. The van der Waals surface area contributed by atoms with Gasteiger partial charge in [-0.15, -0.1) is 12.4 Å². The van der Waals surface area contributed by atoms with Gasteiger partial charge in [-0.05, 0) is 242 Å². The number of nitrogens with zero attached hydrogens (tertiary/aromatic N) is 11. The molecule has 6 aromatic carbocycles. The fourth-order valence-electron chi connectivity index (χ4n) is 16.9. The van der Waals surface area contributed by atoms with Gasteiger partial charge in [0.15, 0.2) is 0 Å². The highest BCUT2D eigenvalue weighted by Gasteiger charge is 2.57. The van der Waals surface area contributed by atoms with Crippen molar-refractivity contribution >= 4 is 101 Å². The quantitative estimate of drug-likeness (QED) is 0.0262. The highest BCUT2D eigenvalue weighted by atomic mass is 35.5. The number of halogens is 4. The highest BCUT2D eigenvalue weighted by molar-refractivity contribution is 6.02. The Balaban J connectivity index is 0.000000224. The first-order chi connectivity index (χ1) is 61.0. The van der Waals surface area contributed by atoms with Crippen LogP contribution in [-0.2, 0) is 38.2 Å². The van der Waals surface area contributed by atoms with Crippen LogP contribution in [0.15, 0.2) is 127 Å². The molecule has 3 atom stereocenters. The second-order valence-electron chi connectivity index (χ2n) is 35.6. The zero-order chi connectivity index (χ0) is 94.8.